The van der Waals surface area contributed by atoms with Crippen molar-refractivity contribution in [1.29, 1.82) is 0 Å². The van der Waals surface area contributed by atoms with E-state index in [2.05, 4.69) is 21.2 Å². The van der Waals surface area contributed by atoms with Crippen LogP contribution in [0.15, 0.2) is 70.0 Å². The van der Waals surface area contributed by atoms with Crippen LogP contribution in [-0.4, -0.2) is 20.9 Å². The molecule has 0 atom stereocenters. The maximum Gasteiger partial charge on any atom is 0.264 e. The number of carbonyl (C=O) groups excluding carboxylic acids is 1. The lowest BCUT2D eigenvalue weighted by Crippen LogP contribution is -2.38. The van der Waals surface area contributed by atoms with Crippen LogP contribution < -0.4 is 9.62 Å². The zero-order valence-electron chi connectivity index (χ0n) is 17.9. The summed E-state index contributed by atoms with van der Waals surface area (Å²) < 4.78 is 28.8. The predicted octanol–water partition coefficient (Wildman–Crippen LogP) is 5.52. The highest BCUT2D eigenvalue weighted by atomic mass is 79.9. The van der Waals surface area contributed by atoms with E-state index in [1.807, 2.05) is 39.8 Å². The van der Waals surface area contributed by atoms with Gasteiger partial charge in [-0.1, -0.05) is 51.3 Å². The molecule has 162 valence electrons. The van der Waals surface area contributed by atoms with Crippen molar-refractivity contribution in [3.63, 3.8) is 0 Å². The zero-order chi connectivity index (χ0) is 22.8. The monoisotopic (exact) mass is 500 g/mol. The Kier molecular flexibility index (Phi) is 6.86. The van der Waals surface area contributed by atoms with Gasteiger partial charge in [0.1, 0.15) is 6.54 Å². The van der Waals surface area contributed by atoms with Gasteiger partial charge in [-0.15, -0.1) is 0 Å². The van der Waals surface area contributed by atoms with Crippen molar-refractivity contribution in [1.82, 2.24) is 0 Å². The van der Waals surface area contributed by atoms with E-state index in [0.717, 1.165) is 31.0 Å². The van der Waals surface area contributed by atoms with Gasteiger partial charge in [0.05, 0.1) is 10.6 Å². The molecule has 1 N–H and O–H groups in total. The molecule has 0 spiro atoms. The first-order valence-corrected chi connectivity index (χ1v) is 12.0. The van der Waals surface area contributed by atoms with Gasteiger partial charge in [0.25, 0.3) is 10.0 Å². The zero-order valence-corrected chi connectivity index (χ0v) is 20.3. The maximum absolute atomic E-state index is 13.4. The highest BCUT2D eigenvalue weighted by Crippen LogP contribution is 2.27. The van der Waals surface area contributed by atoms with E-state index >= 15 is 0 Å². The molecule has 0 aliphatic carbocycles. The van der Waals surface area contributed by atoms with Crippen LogP contribution in [0.5, 0.6) is 0 Å². The third-order valence-corrected chi connectivity index (χ3v) is 7.27. The number of nitrogens with one attached hydrogen (secondary N) is 1. The molecule has 5 nitrogen and oxygen atoms in total. The molecular weight excluding hydrogens is 476 g/mol. The molecular formula is C24H25BrN2O3S. The average Bonchev–Trinajstić information content (AvgIpc) is 2.70. The van der Waals surface area contributed by atoms with Crippen LogP contribution in [0, 0.1) is 27.7 Å². The molecule has 0 fully saturated rings. The van der Waals surface area contributed by atoms with E-state index in [9.17, 15) is 13.2 Å². The highest BCUT2D eigenvalue weighted by Gasteiger charge is 2.27. The van der Waals surface area contributed by atoms with Crippen LogP contribution >= 0.6 is 15.9 Å². The summed E-state index contributed by atoms with van der Waals surface area (Å²) in [6.07, 6.45) is 0. The Bertz CT molecular complexity index is 1180. The number of rotatable bonds is 6. The molecule has 3 aromatic rings. The van der Waals surface area contributed by atoms with E-state index in [4.69, 9.17) is 0 Å². The van der Waals surface area contributed by atoms with Gasteiger partial charge in [0.2, 0.25) is 5.91 Å². The molecule has 0 bridgehead atoms. The van der Waals surface area contributed by atoms with Crippen LogP contribution in [0.3, 0.4) is 0 Å². The number of aryl methyl sites for hydroxylation is 4. The lowest BCUT2D eigenvalue weighted by Gasteiger charge is -2.24. The predicted molar refractivity (Wildman–Crippen MR) is 129 cm³/mol. The Morgan fingerprint density at radius 3 is 1.97 bits per heavy atom. The van der Waals surface area contributed by atoms with Gasteiger partial charge < -0.3 is 5.32 Å². The molecule has 3 aromatic carbocycles. The van der Waals surface area contributed by atoms with Gasteiger partial charge in [-0.25, -0.2) is 8.42 Å². The number of anilines is 2. The van der Waals surface area contributed by atoms with Crippen molar-refractivity contribution in [2.45, 2.75) is 32.6 Å². The van der Waals surface area contributed by atoms with E-state index in [-0.39, 0.29) is 11.4 Å². The van der Waals surface area contributed by atoms with Crippen molar-refractivity contribution >= 4 is 43.2 Å². The van der Waals surface area contributed by atoms with Gasteiger partial charge in [-0.3, -0.25) is 9.10 Å². The number of amides is 1. The van der Waals surface area contributed by atoms with E-state index in [1.165, 1.54) is 0 Å². The molecule has 3 rings (SSSR count). The van der Waals surface area contributed by atoms with Gasteiger partial charge in [0.15, 0.2) is 0 Å². The summed E-state index contributed by atoms with van der Waals surface area (Å²) in [4.78, 5) is 13.1. The largest absolute Gasteiger partial charge is 0.324 e. The van der Waals surface area contributed by atoms with Crippen molar-refractivity contribution in [2.24, 2.45) is 0 Å². The van der Waals surface area contributed by atoms with E-state index in [1.54, 1.807) is 48.5 Å². The molecule has 31 heavy (non-hydrogen) atoms. The smallest absolute Gasteiger partial charge is 0.264 e. The third kappa shape index (κ3) is 5.35. The minimum atomic E-state index is -3.94. The second-order valence-electron chi connectivity index (χ2n) is 7.62. The molecule has 1 amide bonds. The number of halogens is 1. The number of sulfonamides is 1. The first kappa shape index (κ1) is 23.0. The topological polar surface area (TPSA) is 66.5 Å². The van der Waals surface area contributed by atoms with E-state index < -0.39 is 15.9 Å². The number of carbonyl (C=O) groups is 1. The second kappa shape index (κ2) is 9.24. The lowest BCUT2D eigenvalue weighted by molar-refractivity contribution is -0.114. The number of hydrogen-bond acceptors (Lipinski definition) is 3. The van der Waals surface area contributed by atoms with Crippen molar-refractivity contribution in [3.8, 4) is 0 Å². The summed E-state index contributed by atoms with van der Waals surface area (Å²) in [5, 5.41) is 2.90. The van der Waals surface area contributed by atoms with Crippen molar-refractivity contribution in [2.75, 3.05) is 16.2 Å². The Labute approximate surface area is 192 Å². The number of nitrogens with zero attached hydrogens (tertiary/aromatic N) is 1. The normalized spacial score (nSPS) is 11.3. The fourth-order valence-corrected chi connectivity index (χ4v) is 5.13. The number of hydrogen-bond donors (Lipinski definition) is 1. The Balaban J connectivity index is 1.96. The number of benzene rings is 3. The second-order valence-corrected chi connectivity index (χ2v) is 10.4. The molecule has 0 radical (unpaired) electrons. The van der Waals surface area contributed by atoms with Crippen LogP contribution in [0.4, 0.5) is 11.4 Å². The summed E-state index contributed by atoms with van der Waals surface area (Å²) >= 11 is 3.37. The first-order chi connectivity index (χ1) is 14.6. The highest BCUT2D eigenvalue weighted by molar-refractivity contribution is 9.10. The Hall–Kier alpha value is -2.64. The fourth-order valence-electron chi connectivity index (χ4n) is 3.45. The standard InChI is InChI=1S/C24H25BrN2O3S/c1-16-5-11-22(12-6-16)31(29,30)27(21-9-7-20(25)8-10-21)15-23(28)26-24-18(3)13-17(2)14-19(24)4/h5-14H,15H2,1-4H3,(H,26,28). The minimum absolute atomic E-state index is 0.136. The summed E-state index contributed by atoms with van der Waals surface area (Å²) in [5.74, 6) is -0.409. The Morgan fingerprint density at radius 1 is 0.871 bits per heavy atom. The van der Waals surface area contributed by atoms with Gasteiger partial charge in [0, 0.05) is 10.2 Å². The molecule has 0 saturated heterocycles. The van der Waals surface area contributed by atoms with Crippen molar-refractivity contribution < 1.29 is 13.2 Å². The summed E-state index contributed by atoms with van der Waals surface area (Å²) in [6.45, 7) is 7.39. The van der Waals surface area contributed by atoms with Gasteiger partial charge in [-0.2, -0.15) is 0 Å². The summed E-state index contributed by atoms with van der Waals surface area (Å²) in [5.41, 5.74) is 5.05. The molecule has 0 unspecified atom stereocenters. The van der Waals surface area contributed by atoms with Gasteiger partial charge >= 0.3 is 0 Å². The van der Waals surface area contributed by atoms with Crippen LogP contribution in [0.25, 0.3) is 0 Å². The maximum atomic E-state index is 13.4. The minimum Gasteiger partial charge on any atom is -0.324 e. The van der Waals surface area contributed by atoms with Crippen LogP contribution in [-0.2, 0) is 14.8 Å². The van der Waals surface area contributed by atoms with Crippen LogP contribution in [0.1, 0.15) is 22.3 Å². The first-order valence-electron chi connectivity index (χ1n) is 9.80. The summed E-state index contributed by atoms with van der Waals surface area (Å²) in [6, 6.07) is 17.4. The van der Waals surface area contributed by atoms with Crippen LogP contribution in [0.2, 0.25) is 0 Å². The molecule has 0 heterocycles. The Morgan fingerprint density at radius 2 is 1.42 bits per heavy atom. The van der Waals surface area contributed by atoms with Gasteiger partial charge in [-0.05, 0) is 75.2 Å². The molecule has 0 aromatic heterocycles. The fraction of sp³-hybridized carbons (Fsp3) is 0.208. The molecule has 0 saturated carbocycles. The lowest BCUT2D eigenvalue weighted by atomic mass is 10.1. The van der Waals surface area contributed by atoms with E-state index in [0.29, 0.717) is 11.4 Å². The average molecular weight is 501 g/mol. The molecule has 0 aliphatic rings. The summed E-state index contributed by atoms with van der Waals surface area (Å²) in [7, 11) is -3.94. The molecule has 0 aliphatic heterocycles. The quantitative estimate of drug-likeness (QED) is 0.484. The third-order valence-electron chi connectivity index (χ3n) is 4.95. The SMILES string of the molecule is Cc1ccc(S(=O)(=O)N(CC(=O)Nc2c(C)cc(C)cc2C)c2ccc(Br)cc2)cc1. The van der Waals surface area contributed by atoms with Crippen molar-refractivity contribution in [3.05, 3.63) is 87.4 Å². The molecule has 7 heteroatoms.